The van der Waals surface area contributed by atoms with Crippen LogP contribution in [0, 0.1) is 5.82 Å². The Hall–Kier alpha value is -0.850. The molecule has 0 spiro atoms. The lowest BCUT2D eigenvalue weighted by atomic mass is 10.3. The monoisotopic (exact) mass is 350 g/mol. The highest BCUT2D eigenvalue weighted by Gasteiger charge is 2.14. The van der Waals surface area contributed by atoms with E-state index in [0.29, 0.717) is 17.7 Å². The molecule has 0 amide bonds. The van der Waals surface area contributed by atoms with Gasteiger partial charge in [0.1, 0.15) is 13.4 Å². The molecule has 0 radical (unpaired) electrons. The second-order valence-corrected chi connectivity index (χ2v) is 4.91. The van der Waals surface area contributed by atoms with Crippen LogP contribution in [-0.2, 0) is 9.47 Å². The van der Waals surface area contributed by atoms with E-state index >= 15 is 0 Å². The largest absolute Gasteiger partial charge is 0.490 e. The molecule has 0 fully saturated rings. The first-order valence-electron chi connectivity index (χ1n) is 6.51. The third-order valence-corrected chi connectivity index (χ3v) is 3.07. The maximum absolute atomic E-state index is 14.2. The minimum atomic E-state index is -0.498. The molecule has 1 aromatic rings. The first-order chi connectivity index (χ1) is 9.70. The molecule has 0 saturated heterocycles. The summed E-state index contributed by atoms with van der Waals surface area (Å²) in [4.78, 5) is 0. The zero-order valence-corrected chi connectivity index (χ0v) is 13.4. The van der Waals surface area contributed by atoms with Gasteiger partial charge in [0.2, 0.25) is 5.82 Å². The van der Waals surface area contributed by atoms with Crippen LogP contribution in [0.15, 0.2) is 16.6 Å². The van der Waals surface area contributed by atoms with Crippen LogP contribution >= 0.6 is 15.9 Å². The Morgan fingerprint density at radius 2 is 1.95 bits per heavy atom. The first-order valence-corrected chi connectivity index (χ1v) is 7.30. The molecule has 0 heterocycles. The van der Waals surface area contributed by atoms with Crippen molar-refractivity contribution in [2.45, 2.75) is 19.8 Å². The molecule has 20 heavy (non-hydrogen) atoms. The van der Waals surface area contributed by atoms with Crippen LogP contribution in [0.5, 0.6) is 11.5 Å². The van der Waals surface area contributed by atoms with Gasteiger partial charge >= 0.3 is 0 Å². The number of rotatable bonds is 10. The van der Waals surface area contributed by atoms with Gasteiger partial charge in [-0.2, -0.15) is 4.39 Å². The molecule has 0 atom stereocenters. The highest BCUT2D eigenvalue weighted by molar-refractivity contribution is 9.10. The van der Waals surface area contributed by atoms with Crippen molar-refractivity contribution in [2.24, 2.45) is 0 Å². The van der Waals surface area contributed by atoms with Crippen LogP contribution in [0.1, 0.15) is 19.8 Å². The average molecular weight is 351 g/mol. The van der Waals surface area contributed by atoms with Crippen LogP contribution < -0.4 is 9.47 Å². The van der Waals surface area contributed by atoms with Gasteiger partial charge in [0.25, 0.3) is 0 Å². The Kier molecular flexibility index (Phi) is 8.57. The van der Waals surface area contributed by atoms with Crippen LogP contribution in [-0.4, -0.2) is 33.7 Å². The van der Waals surface area contributed by atoms with E-state index in [1.54, 1.807) is 12.1 Å². The first kappa shape index (κ1) is 17.2. The Morgan fingerprint density at radius 3 is 2.65 bits per heavy atom. The molecule has 0 aliphatic heterocycles. The molecular weight excluding hydrogens is 331 g/mol. The average Bonchev–Trinajstić information content (AvgIpc) is 2.44. The van der Waals surface area contributed by atoms with Crippen LogP contribution in [0.3, 0.4) is 0 Å². The predicted molar refractivity (Wildman–Crippen MR) is 77.8 cm³/mol. The Labute approximate surface area is 127 Å². The molecule has 4 nitrogen and oxygen atoms in total. The Balaban J connectivity index is 2.57. The molecule has 1 aromatic carbocycles. The Morgan fingerprint density at radius 1 is 1.15 bits per heavy atom. The fraction of sp³-hybridized carbons (Fsp3) is 0.571. The minimum Gasteiger partial charge on any atom is -0.490 e. The molecule has 0 bridgehead atoms. The Bertz CT molecular complexity index is 401. The topological polar surface area (TPSA) is 36.9 Å². The van der Waals surface area contributed by atoms with Crippen LogP contribution in [0.2, 0.25) is 0 Å². The molecule has 6 heteroatoms. The summed E-state index contributed by atoms with van der Waals surface area (Å²) in [5, 5.41) is 0. The summed E-state index contributed by atoms with van der Waals surface area (Å²) < 4.78 is 35.3. The van der Waals surface area contributed by atoms with Crippen molar-refractivity contribution in [3.8, 4) is 11.5 Å². The summed E-state index contributed by atoms with van der Waals surface area (Å²) in [6, 6.07) is 3.29. The zero-order chi connectivity index (χ0) is 14.8. The standard InChI is InChI=1S/C14H20BrFO4/c1-3-4-7-19-12-6-5-11(15)14(13(12)16)20-9-8-18-10-17-2/h5-6H,3-4,7-10H2,1-2H3. The predicted octanol–water partition coefficient (Wildman–Crippen LogP) is 3.77. The van der Waals surface area contributed by atoms with Crippen molar-refractivity contribution in [3.63, 3.8) is 0 Å². The highest BCUT2D eigenvalue weighted by Crippen LogP contribution is 2.34. The van der Waals surface area contributed by atoms with Crippen LogP contribution in [0.25, 0.3) is 0 Å². The maximum atomic E-state index is 14.2. The van der Waals surface area contributed by atoms with Gasteiger partial charge in [-0.15, -0.1) is 0 Å². The van der Waals surface area contributed by atoms with Gasteiger partial charge in [0.05, 0.1) is 17.7 Å². The van der Waals surface area contributed by atoms with E-state index < -0.39 is 5.82 Å². The SMILES string of the molecule is CCCCOc1ccc(Br)c(OCCOCOC)c1F. The highest BCUT2D eigenvalue weighted by atomic mass is 79.9. The number of benzene rings is 1. The van der Waals surface area contributed by atoms with Crippen molar-refractivity contribution in [3.05, 3.63) is 22.4 Å². The van der Waals surface area contributed by atoms with Gasteiger partial charge in [-0.1, -0.05) is 13.3 Å². The number of hydrogen-bond donors (Lipinski definition) is 0. The lowest BCUT2D eigenvalue weighted by Crippen LogP contribution is -2.10. The third-order valence-electron chi connectivity index (χ3n) is 2.44. The molecular formula is C14H20BrFO4. The molecule has 1 rings (SSSR count). The molecule has 0 unspecified atom stereocenters. The van der Waals surface area contributed by atoms with E-state index in [-0.39, 0.29) is 24.9 Å². The number of halogens is 2. The summed E-state index contributed by atoms with van der Waals surface area (Å²) in [6.07, 6.45) is 1.88. The summed E-state index contributed by atoms with van der Waals surface area (Å²) in [5.74, 6) is -0.156. The summed E-state index contributed by atoms with van der Waals surface area (Å²) in [7, 11) is 1.54. The molecule has 0 aliphatic rings. The van der Waals surface area contributed by atoms with Crippen LogP contribution in [0.4, 0.5) is 4.39 Å². The zero-order valence-electron chi connectivity index (χ0n) is 11.8. The number of methoxy groups -OCH3 is 1. The van der Waals surface area contributed by atoms with Crippen molar-refractivity contribution >= 4 is 15.9 Å². The minimum absolute atomic E-state index is 0.139. The van der Waals surface area contributed by atoms with E-state index in [9.17, 15) is 4.39 Å². The van der Waals surface area contributed by atoms with Crippen molar-refractivity contribution in [2.75, 3.05) is 33.7 Å². The fourth-order valence-electron chi connectivity index (χ4n) is 1.43. The van der Waals surface area contributed by atoms with Crippen molar-refractivity contribution < 1.29 is 23.3 Å². The molecule has 0 aromatic heterocycles. The normalized spacial score (nSPS) is 10.6. The molecule has 0 saturated carbocycles. The lowest BCUT2D eigenvalue weighted by molar-refractivity contribution is -0.0390. The second-order valence-electron chi connectivity index (χ2n) is 4.05. The van der Waals surface area contributed by atoms with E-state index in [1.165, 1.54) is 7.11 Å². The number of hydrogen-bond acceptors (Lipinski definition) is 4. The van der Waals surface area contributed by atoms with Gasteiger partial charge in [-0.25, -0.2) is 0 Å². The van der Waals surface area contributed by atoms with Crippen molar-refractivity contribution in [1.82, 2.24) is 0 Å². The number of unbranched alkanes of at least 4 members (excludes halogenated alkanes) is 1. The smallest absolute Gasteiger partial charge is 0.207 e. The summed E-state index contributed by atoms with van der Waals surface area (Å²) in [5.41, 5.74) is 0. The summed E-state index contributed by atoms with van der Waals surface area (Å²) >= 11 is 3.26. The summed E-state index contributed by atoms with van der Waals surface area (Å²) in [6.45, 7) is 3.28. The van der Waals surface area contributed by atoms with Gasteiger partial charge in [0.15, 0.2) is 11.5 Å². The quantitative estimate of drug-likeness (QED) is 0.475. The molecule has 114 valence electrons. The van der Waals surface area contributed by atoms with Gasteiger partial charge < -0.3 is 18.9 Å². The number of ether oxygens (including phenoxy) is 4. The van der Waals surface area contributed by atoms with Gasteiger partial charge in [-0.3, -0.25) is 0 Å². The fourth-order valence-corrected chi connectivity index (χ4v) is 1.85. The van der Waals surface area contributed by atoms with Gasteiger partial charge in [-0.05, 0) is 34.5 Å². The van der Waals surface area contributed by atoms with E-state index in [4.69, 9.17) is 18.9 Å². The van der Waals surface area contributed by atoms with Crippen molar-refractivity contribution in [1.29, 1.82) is 0 Å². The van der Waals surface area contributed by atoms with E-state index in [1.807, 2.05) is 0 Å². The van der Waals surface area contributed by atoms with Gasteiger partial charge in [0, 0.05) is 7.11 Å². The third kappa shape index (κ3) is 5.64. The van der Waals surface area contributed by atoms with E-state index in [0.717, 1.165) is 12.8 Å². The molecule has 0 aliphatic carbocycles. The lowest BCUT2D eigenvalue weighted by Gasteiger charge is -2.13. The molecule has 0 N–H and O–H groups in total. The maximum Gasteiger partial charge on any atom is 0.207 e. The van der Waals surface area contributed by atoms with E-state index in [2.05, 4.69) is 22.9 Å². The second kappa shape index (κ2) is 9.96.